The van der Waals surface area contributed by atoms with Crippen molar-refractivity contribution in [3.05, 3.63) is 94.6 Å². The van der Waals surface area contributed by atoms with Gasteiger partial charge in [-0.1, -0.05) is 48.5 Å². The van der Waals surface area contributed by atoms with Crippen molar-refractivity contribution < 1.29 is 9.90 Å². The van der Waals surface area contributed by atoms with Gasteiger partial charge in [-0.3, -0.25) is 4.79 Å². The lowest BCUT2D eigenvalue weighted by Gasteiger charge is -2.17. The highest BCUT2D eigenvalue weighted by atomic mass is 16.3. The largest absolute Gasteiger partial charge is 0.392 e. The number of fused-ring (bicyclic) bond motifs is 1. The number of hydrogen-bond donors (Lipinski definition) is 3. The molecule has 0 aliphatic heterocycles. The molecule has 4 rings (SSSR count). The molecule has 0 unspecified atom stereocenters. The average Bonchev–Trinajstić information content (AvgIpc) is 2.79. The monoisotopic (exact) mass is 384 g/mol. The summed E-state index contributed by atoms with van der Waals surface area (Å²) < 4.78 is 0. The zero-order valence-corrected chi connectivity index (χ0v) is 16.2. The zero-order chi connectivity index (χ0) is 20.2. The van der Waals surface area contributed by atoms with Gasteiger partial charge in [0.2, 0.25) is 0 Å². The van der Waals surface area contributed by atoms with E-state index < -0.39 is 0 Å². The zero-order valence-electron chi connectivity index (χ0n) is 16.2. The molecule has 0 aromatic heterocycles. The van der Waals surface area contributed by atoms with Gasteiger partial charge in [0, 0.05) is 17.8 Å². The van der Waals surface area contributed by atoms with E-state index in [1.165, 1.54) is 5.56 Å². The maximum absolute atomic E-state index is 12.7. The fraction of sp³-hybridized carbons (Fsp3) is 0.160. The summed E-state index contributed by atoms with van der Waals surface area (Å²) in [5.74, 6) is -0.0786. The van der Waals surface area contributed by atoms with Crippen LogP contribution in [0.1, 0.15) is 28.7 Å². The van der Waals surface area contributed by atoms with Gasteiger partial charge in [-0.05, 0) is 70.5 Å². The molecule has 3 aromatic rings. The minimum absolute atomic E-state index is 0.00650. The van der Waals surface area contributed by atoms with Crippen LogP contribution in [0.5, 0.6) is 0 Å². The maximum Gasteiger partial charge on any atom is 0.251 e. The lowest BCUT2D eigenvalue weighted by molar-refractivity contribution is -0.112. The molecule has 0 atom stereocenters. The number of rotatable bonds is 5. The van der Waals surface area contributed by atoms with Crippen molar-refractivity contribution in [2.75, 3.05) is 5.32 Å². The molecular weight excluding hydrogens is 360 g/mol. The van der Waals surface area contributed by atoms with Crippen LogP contribution in [0.25, 0.3) is 17.2 Å². The summed E-state index contributed by atoms with van der Waals surface area (Å²) in [5, 5.41) is 12.1. The highest BCUT2D eigenvalue weighted by molar-refractivity contribution is 6.07. The summed E-state index contributed by atoms with van der Waals surface area (Å²) >= 11 is 0. The lowest BCUT2D eigenvalue weighted by atomic mass is 9.89. The minimum atomic E-state index is -0.0786. The van der Waals surface area contributed by atoms with E-state index in [-0.39, 0.29) is 12.5 Å². The molecule has 1 aliphatic carbocycles. The third-order valence-corrected chi connectivity index (χ3v) is 5.35. The van der Waals surface area contributed by atoms with Crippen molar-refractivity contribution in [1.82, 2.24) is 0 Å². The van der Waals surface area contributed by atoms with Gasteiger partial charge in [-0.2, -0.15) is 0 Å². The van der Waals surface area contributed by atoms with E-state index in [9.17, 15) is 4.79 Å². The van der Waals surface area contributed by atoms with Crippen molar-refractivity contribution in [3.63, 3.8) is 0 Å². The summed E-state index contributed by atoms with van der Waals surface area (Å²) in [7, 11) is 0. The summed E-state index contributed by atoms with van der Waals surface area (Å²) in [6.45, 7) is 0.530. The number of nitrogens with one attached hydrogen (secondary N) is 1. The molecule has 0 spiro atoms. The highest BCUT2D eigenvalue weighted by Crippen LogP contribution is 2.29. The molecule has 0 saturated heterocycles. The Balaban J connectivity index is 1.55. The van der Waals surface area contributed by atoms with Gasteiger partial charge in [0.05, 0.1) is 6.61 Å². The number of aliphatic hydroxyl groups is 1. The minimum Gasteiger partial charge on any atom is -0.392 e. The first-order chi connectivity index (χ1) is 14.2. The smallest absolute Gasteiger partial charge is 0.251 e. The van der Waals surface area contributed by atoms with Gasteiger partial charge in [-0.15, -0.1) is 0 Å². The number of amides is 1. The molecule has 29 heavy (non-hydrogen) atoms. The first kappa shape index (κ1) is 19.1. The lowest BCUT2D eigenvalue weighted by Crippen LogP contribution is -2.17. The molecule has 0 fully saturated rings. The quantitative estimate of drug-likeness (QED) is 0.615. The molecule has 0 saturated carbocycles. The Hall–Kier alpha value is -3.21. The molecule has 4 nitrogen and oxygen atoms in total. The SMILES string of the molecule is NCc1ccc(-c2ccc3c(c2)C=C(C(=O)Nc2ccc(CO)cc2)CC3)cc1. The number of hydrogen-bond acceptors (Lipinski definition) is 3. The first-order valence-corrected chi connectivity index (χ1v) is 9.80. The Morgan fingerprint density at radius 2 is 1.59 bits per heavy atom. The van der Waals surface area contributed by atoms with Crippen molar-refractivity contribution >= 4 is 17.7 Å². The van der Waals surface area contributed by atoms with Gasteiger partial charge < -0.3 is 16.2 Å². The topological polar surface area (TPSA) is 75.4 Å². The fourth-order valence-electron chi connectivity index (χ4n) is 3.58. The van der Waals surface area contributed by atoms with Gasteiger partial charge in [0.15, 0.2) is 0 Å². The molecule has 0 heterocycles. The van der Waals surface area contributed by atoms with Gasteiger partial charge in [-0.25, -0.2) is 0 Å². The molecule has 0 bridgehead atoms. The Morgan fingerprint density at radius 1 is 0.897 bits per heavy atom. The Kier molecular flexibility index (Phi) is 5.56. The number of nitrogens with two attached hydrogens (primary N) is 1. The third-order valence-electron chi connectivity index (χ3n) is 5.35. The second kappa shape index (κ2) is 8.43. The third kappa shape index (κ3) is 4.29. The second-order valence-corrected chi connectivity index (χ2v) is 7.29. The molecule has 4 N–H and O–H groups in total. The van der Waals surface area contributed by atoms with Gasteiger partial charge in [0.1, 0.15) is 0 Å². The molecule has 1 amide bonds. The molecule has 0 radical (unpaired) electrons. The van der Waals surface area contributed by atoms with Crippen LogP contribution in [-0.2, 0) is 24.4 Å². The van der Waals surface area contributed by atoms with E-state index >= 15 is 0 Å². The Morgan fingerprint density at radius 3 is 2.28 bits per heavy atom. The van der Waals surface area contributed by atoms with Crippen LogP contribution < -0.4 is 11.1 Å². The number of aliphatic hydroxyl groups excluding tert-OH is 1. The van der Waals surface area contributed by atoms with E-state index in [0.717, 1.165) is 51.9 Å². The predicted octanol–water partition coefficient (Wildman–Crippen LogP) is 4.27. The standard InChI is InChI=1S/C25H24N2O2/c26-15-17-1-5-19(6-2-17)21-9-7-20-8-10-22(14-23(20)13-21)25(29)27-24-11-3-18(16-28)4-12-24/h1-7,9,11-14,28H,8,10,15-16,26H2,(H,27,29). The summed E-state index contributed by atoms with van der Waals surface area (Å²) in [6.07, 6.45) is 3.57. The van der Waals surface area contributed by atoms with Crippen molar-refractivity contribution in [3.8, 4) is 11.1 Å². The number of carbonyl (C=O) groups excluding carboxylic acids is 1. The van der Waals surface area contributed by atoms with Crippen LogP contribution in [0.2, 0.25) is 0 Å². The van der Waals surface area contributed by atoms with E-state index in [0.29, 0.717) is 6.54 Å². The predicted molar refractivity (Wildman–Crippen MR) is 117 cm³/mol. The molecular formula is C25H24N2O2. The van der Waals surface area contributed by atoms with Crippen molar-refractivity contribution in [2.24, 2.45) is 5.73 Å². The van der Waals surface area contributed by atoms with Crippen molar-refractivity contribution in [1.29, 1.82) is 0 Å². The van der Waals surface area contributed by atoms with Crippen LogP contribution in [-0.4, -0.2) is 11.0 Å². The van der Waals surface area contributed by atoms with E-state index in [1.54, 1.807) is 0 Å². The molecule has 146 valence electrons. The second-order valence-electron chi connectivity index (χ2n) is 7.29. The van der Waals surface area contributed by atoms with Crippen LogP contribution in [0.15, 0.2) is 72.3 Å². The fourth-order valence-corrected chi connectivity index (χ4v) is 3.58. The normalized spacial score (nSPS) is 12.8. The van der Waals surface area contributed by atoms with Crippen LogP contribution >= 0.6 is 0 Å². The van der Waals surface area contributed by atoms with Crippen LogP contribution in [0.3, 0.4) is 0 Å². The number of aryl methyl sites for hydroxylation is 1. The summed E-state index contributed by atoms with van der Waals surface area (Å²) in [5.41, 5.74) is 13.7. The Labute approximate surface area is 170 Å². The van der Waals surface area contributed by atoms with Gasteiger partial charge in [0.25, 0.3) is 5.91 Å². The summed E-state index contributed by atoms with van der Waals surface area (Å²) in [4.78, 5) is 12.7. The van der Waals surface area contributed by atoms with Crippen molar-refractivity contribution in [2.45, 2.75) is 26.0 Å². The van der Waals surface area contributed by atoms with Gasteiger partial charge >= 0.3 is 0 Å². The summed E-state index contributed by atoms with van der Waals surface area (Å²) in [6, 6.07) is 21.9. The van der Waals surface area contributed by atoms with E-state index in [2.05, 4.69) is 35.6 Å². The van der Waals surface area contributed by atoms with E-state index in [1.807, 2.05) is 42.5 Å². The molecule has 4 heteroatoms. The average molecular weight is 384 g/mol. The molecule has 3 aromatic carbocycles. The number of anilines is 1. The highest BCUT2D eigenvalue weighted by Gasteiger charge is 2.17. The number of carbonyl (C=O) groups is 1. The molecule has 1 aliphatic rings. The maximum atomic E-state index is 12.7. The number of benzene rings is 3. The first-order valence-electron chi connectivity index (χ1n) is 9.80. The van der Waals surface area contributed by atoms with Crippen LogP contribution in [0, 0.1) is 0 Å². The van der Waals surface area contributed by atoms with Crippen LogP contribution in [0.4, 0.5) is 5.69 Å². The van der Waals surface area contributed by atoms with E-state index in [4.69, 9.17) is 10.8 Å². The Bertz CT molecular complexity index is 1050.